The Balaban J connectivity index is 2.12. The molecule has 0 bridgehead atoms. The molecule has 2 aromatic rings. The number of ether oxygens (including phenoxy) is 2. The molecule has 0 aromatic carbocycles. The summed E-state index contributed by atoms with van der Waals surface area (Å²) in [5.74, 6) is -0.777. The van der Waals surface area contributed by atoms with Gasteiger partial charge in [-0.2, -0.15) is 0 Å². The smallest absolute Gasteiger partial charge is 0.348 e. The molecule has 27 heavy (non-hydrogen) atoms. The molecule has 0 saturated carbocycles. The molecule has 1 aliphatic rings. The molecule has 1 saturated heterocycles. The number of fused-ring (bicyclic) bond motifs is 1. The van der Waals surface area contributed by atoms with E-state index in [0.29, 0.717) is 36.7 Å². The van der Waals surface area contributed by atoms with E-state index in [1.165, 1.54) is 11.6 Å². The summed E-state index contributed by atoms with van der Waals surface area (Å²) in [4.78, 5) is 52.3. The van der Waals surface area contributed by atoms with Crippen LogP contribution in [0.2, 0.25) is 0 Å². The Morgan fingerprint density at radius 3 is 2.52 bits per heavy atom. The molecule has 0 atom stereocenters. The van der Waals surface area contributed by atoms with Crippen molar-refractivity contribution in [2.24, 2.45) is 7.05 Å². The van der Waals surface area contributed by atoms with E-state index in [1.54, 1.807) is 18.7 Å². The third-order valence-corrected chi connectivity index (χ3v) is 5.82. The number of amides is 1. The van der Waals surface area contributed by atoms with Crippen molar-refractivity contribution in [1.82, 2.24) is 14.0 Å². The van der Waals surface area contributed by atoms with Gasteiger partial charge in [-0.15, -0.1) is 11.3 Å². The van der Waals surface area contributed by atoms with Crippen molar-refractivity contribution in [2.75, 3.05) is 32.9 Å². The van der Waals surface area contributed by atoms with E-state index in [9.17, 15) is 19.2 Å². The predicted molar refractivity (Wildman–Crippen MR) is 99.4 cm³/mol. The number of hydrogen-bond donors (Lipinski definition) is 0. The zero-order valence-corrected chi connectivity index (χ0v) is 16.3. The van der Waals surface area contributed by atoms with Crippen LogP contribution >= 0.6 is 11.3 Å². The fourth-order valence-electron chi connectivity index (χ4n) is 3.04. The van der Waals surface area contributed by atoms with Crippen LogP contribution in [0.15, 0.2) is 9.59 Å². The Morgan fingerprint density at radius 2 is 1.89 bits per heavy atom. The molecule has 1 fully saturated rings. The highest BCUT2D eigenvalue weighted by atomic mass is 32.1. The summed E-state index contributed by atoms with van der Waals surface area (Å²) in [6, 6.07) is 0. The van der Waals surface area contributed by atoms with Crippen LogP contribution in [0.5, 0.6) is 0 Å². The maximum absolute atomic E-state index is 12.7. The average Bonchev–Trinajstić information content (AvgIpc) is 3.01. The second-order valence-electron chi connectivity index (χ2n) is 6.18. The van der Waals surface area contributed by atoms with Gasteiger partial charge in [-0.25, -0.2) is 9.59 Å². The van der Waals surface area contributed by atoms with Gasteiger partial charge in [-0.05, 0) is 19.4 Å². The van der Waals surface area contributed by atoms with Crippen LogP contribution in [0.25, 0.3) is 10.2 Å². The average molecular weight is 395 g/mol. The summed E-state index contributed by atoms with van der Waals surface area (Å²) >= 11 is 1.00. The van der Waals surface area contributed by atoms with Crippen LogP contribution in [0.1, 0.15) is 22.2 Å². The van der Waals surface area contributed by atoms with Crippen LogP contribution in [0, 0.1) is 6.92 Å². The Hall–Kier alpha value is -2.46. The summed E-state index contributed by atoms with van der Waals surface area (Å²) in [5, 5.41) is 0.264. The molecule has 10 heteroatoms. The number of esters is 1. The number of nitrogens with zero attached hydrogens (tertiary/aromatic N) is 3. The van der Waals surface area contributed by atoms with Gasteiger partial charge in [0, 0.05) is 20.1 Å². The van der Waals surface area contributed by atoms with E-state index in [1.807, 2.05) is 0 Å². The summed E-state index contributed by atoms with van der Waals surface area (Å²) in [5.41, 5.74) is -0.623. The standard InChI is InChI=1S/C17H21N3O6S/c1-4-26-16(23)13-10(2)12-14(22)18(3)17(24)20(15(12)27-13)9-11(21)19-5-7-25-8-6-19/h4-9H2,1-3H3. The molecule has 1 aliphatic heterocycles. The van der Waals surface area contributed by atoms with Crippen LogP contribution in [-0.4, -0.2) is 58.8 Å². The van der Waals surface area contributed by atoms with E-state index < -0.39 is 17.2 Å². The van der Waals surface area contributed by atoms with Gasteiger partial charge in [-0.3, -0.25) is 18.7 Å². The highest BCUT2D eigenvalue weighted by molar-refractivity contribution is 7.20. The molecule has 146 valence electrons. The lowest BCUT2D eigenvalue weighted by Crippen LogP contribution is -2.45. The van der Waals surface area contributed by atoms with E-state index in [-0.39, 0.29) is 29.3 Å². The van der Waals surface area contributed by atoms with E-state index in [0.717, 1.165) is 15.9 Å². The van der Waals surface area contributed by atoms with Crippen LogP contribution in [0.4, 0.5) is 0 Å². The molecular weight excluding hydrogens is 374 g/mol. The van der Waals surface area contributed by atoms with Gasteiger partial charge in [0.2, 0.25) is 5.91 Å². The number of carbonyl (C=O) groups is 2. The van der Waals surface area contributed by atoms with E-state index >= 15 is 0 Å². The monoisotopic (exact) mass is 395 g/mol. The lowest BCUT2D eigenvalue weighted by atomic mass is 10.2. The first kappa shape index (κ1) is 19.3. The molecule has 3 heterocycles. The van der Waals surface area contributed by atoms with Crippen molar-refractivity contribution in [3.8, 4) is 0 Å². The van der Waals surface area contributed by atoms with Crippen LogP contribution < -0.4 is 11.2 Å². The zero-order chi connectivity index (χ0) is 19.7. The molecule has 1 amide bonds. The third-order valence-electron chi connectivity index (χ3n) is 4.53. The van der Waals surface area contributed by atoms with Crippen molar-refractivity contribution in [3.63, 3.8) is 0 Å². The number of rotatable bonds is 4. The van der Waals surface area contributed by atoms with Gasteiger partial charge >= 0.3 is 11.7 Å². The van der Waals surface area contributed by atoms with Gasteiger partial charge in [0.15, 0.2) is 0 Å². The maximum Gasteiger partial charge on any atom is 0.348 e. The molecular formula is C17H21N3O6S. The number of hydrogen-bond acceptors (Lipinski definition) is 7. The molecule has 9 nitrogen and oxygen atoms in total. The van der Waals surface area contributed by atoms with Gasteiger partial charge in [0.25, 0.3) is 5.56 Å². The number of aromatic nitrogens is 2. The Kier molecular flexibility index (Phi) is 5.47. The van der Waals surface area contributed by atoms with Crippen molar-refractivity contribution in [2.45, 2.75) is 20.4 Å². The Labute approximate surface area is 158 Å². The van der Waals surface area contributed by atoms with Gasteiger partial charge in [0.05, 0.1) is 25.2 Å². The highest BCUT2D eigenvalue weighted by Crippen LogP contribution is 2.28. The summed E-state index contributed by atoms with van der Waals surface area (Å²) < 4.78 is 12.5. The molecule has 3 rings (SSSR count). The van der Waals surface area contributed by atoms with E-state index in [4.69, 9.17) is 9.47 Å². The van der Waals surface area contributed by atoms with Crippen LogP contribution in [0.3, 0.4) is 0 Å². The lowest BCUT2D eigenvalue weighted by Gasteiger charge is -2.27. The Morgan fingerprint density at radius 1 is 1.22 bits per heavy atom. The molecule has 2 aromatic heterocycles. The number of thiophene rings is 1. The first-order chi connectivity index (χ1) is 12.9. The molecule has 0 unspecified atom stereocenters. The quantitative estimate of drug-likeness (QED) is 0.681. The van der Waals surface area contributed by atoms with Crippen molar-refractivity contribution in [3.05, 3.63) is 31.3 Å². The normalized spacial score (nSPS) is 14.6. The van der Waals surface area contributed by atoms with Gasteiger partial charge in [0.1, 0.15) is 16.3 Å². The van der Waals surface area contributed by atoms with Crippen molar-refractivity contribution >= 4 is 33.4 Å². The highest BCUT2D eigenvalue weighted by Gasteiger charge is 2.25. The minimum atomic E-state index is -0.592. The SMILES string of the molecule is CCOC(=O)c1sc2c(c1C)c(=O)n(C)c(=O)n2CC(=O)N1CCOCC1. The maximum atomic E-state index is 12.7. The van der Waals surface area contributed by atoms with Crippen LogP contribution in [-0.2, 0) is 27.9 Å². The fourth-order valence-corrected chi connectivity index (χ4v) is 4.23. The topological polar surface area (TPSA) is 99.8 Å². The van der Waals surface area contributed by atoms with Crippen molar-refractivity contribution in [1.29, 1.82) is 0 Å². The summed E-state index contributed by atoms with van der Waals surface area (Å²) in [7, 11) is 1.36. The molecule has 0 spiro atoms. The van der Waals surface area contributed by atoms with Gasteiger partial charge in [-0.1, -0.05) is 0 Å². The minimum absolute atomic E-state index is 0.201. The zero-order valence-electron chi connectivity index (χ0n) is 15.4. The second-order valence-corrected chi connectivity index (χ2v) is 7.18. The lowest BCUT2D eigenvalue weighted by molar-refractivity contribution is -0.135. The molecule has 0 radical (unpaired) electrons. The Bertz CT molecular complexity index is 1010. The second kappa shape index (κ2) is 7.65. The van der Waals surface area contributed by atoms with E-state index in [2.05, 4.69) is 0 Å². The molecule has 0 aliphatic carbocycles. The number of carbonyl (C=O) groups excluding carboxylic acids is 2. The van der Waals surface area contributed by atoms with Crippen molar-refractivity contribution < 1.29 is 19.1 Å². The fraction of sp³-hybridized carbons (Fsp3) is 0.529. The predicted octanol–water partition coefficient (Wildman–Crippen LogP) is 0.106. The minimum Gasteiger partial charge on any atom is -0.462 e. The summed E-state index contributed by atoms with van der Waals surface area (Å²) in [6.45, 7) is 5.16. The first-order valence-corrected chi connectivity index (χ1v) is 9.44. The summed E-state index contributed by atoms with van der Waals surface area (Å²) in [6.07, 6.45) is 0. The molecule has 0 N–H and O–H groups in total. The third kappa shape index (κ3) is 3.42. The van der Waals surface area contributed by atoms with Gasteiger partial charge < -0.3 is 14.4 Å². The first-order valence-electron chi connectivity index (χ1n) is 8.62. The largest absolute Gasteiger partial charge is 0.462 e. The number of morpholine rings is 1. The number of aryl methyl sites for hydroxylation is 1.